The van der Waals surface area contributed by atoms with Gasteiger partial charge in [0, 0.05) is 0 Å². The predicted octanol–water partition coefficient (Wildman–Crippen LogP) is 2.55. The molecule has 0 amide bonds. The van der Waals surface area contributed by atoms with Gasteiger partial charge in [-0.25, -0.2) is 0 Å². The maximum atomic E-state index is 5.47. The highest BCUT2D eigenvalue weighted by Gasteiger charge is 2.16. The number of rotatable bonds is 3. The molecular weight excluding hydrogens is 134 g/mol. The van der Waals surface area contributed by atoms with Gasteiger partial charge in [0.05, 0.1) is 0 Å². The molecule has 1 aliphatic rings. The number of hydrogen-bond acceptors (Lipinski definition) is 1. The summed E-state index contributed by atoms with van der Waals surface area (Å²) >= 11 is 0. The summed E-state index contributed by atoms with van der Waals surface area (Å²) in [4.78, 5) is 0. The summed E-state index contributed by atoms with van der Waals surface area (Å²) < 4.78 is 0. The van der Waals surface area contributed by atoms with E-state index >= 15 is 0 Å². The van der Waals surface area contributed by atoms with Crippen LogP contribution in [-0.4, -0.2) is 6.54 Å². The molecule has 1 heteroatoms. The summed E-state index contributed by atoms with van der Waals surface area (Å²) in [7, 11) is 0. The van der Waals surface area contributed by atoms with Crippen LogP contribution >= 0.6 is 0 Å². The molecule has 0 saturated heterocycles. The van der Waals surface area contributed by atoms with Crippen LogP contribution in [0.15, 0.2) is 0 Å². The molecule has 1 saturated carbocycles. The van der Waals surface area contributed by atoms with Crippen LogP contribution in [0.25, 0.3) is 0 Å². The molecule has 0 aromatic rings. The molecule has 1 aliphatic carbocycles. The Morgan fingerprint density at radius 1 is 1.18 bits per heavy atom. The van der Waals surface area contributed by atoms with Gasteiger partial charge in [-0.15, -0.1) is 0 Å². The Morgan fingerprint density at radius 3 is 2.36 bits per heavy atom. The molecule has 1 fully saturated rings. The Morgan fingerprint density at radius 2 is 1.82 bits per heavy atom. The molecule has 0 aliphatic heterocycles. The van der Waals surface area contributed by atoms with E-state index < -0.39 is 0 Å². The normalized spacial score (nSPS) is 32.2. The average molecular weight is 155 g/mol. The third-order valence-corrected chi connectivity index (χ3v) is 2.95. The molecule has 0 unspecified atom stereocenters. The minimum Gasteiger partial charge on any atom is -0.330 e. The van der Waals surface area contributed by atoms with Gasteiger partial charge in [-0.3, -0.25) is 0 Å². The van der Waals surface area contributed by atoms with Crippen LogP contribution in [0.3, 0.4) is 0 Å². The standard InChI is InChI=1S/C10H21N/c1-9-4-6-10(7-5-9)3-2-8-11/h9-10H,2-8,11H2,1H3. The maximum Gasteiger partial charge on any atom is -0.00772 e. The molecule has 0 radical (unpaired) electrons. The van der Waals surface area contributed by atoms with Crippen molar-refractivity contribution in [3.05, 3.63) is 0 Å². The first-order valence-corrected chi connectivity index (χ1v) is 5.03. The van der Waals surface area contributed by atoms with Gasteiger partial charge < -0.3 is 5.73 Å². The first-order chi connectivity index (χ1) is 5.33. The fourth-order valence-electron chi connectivity index (χ4n) is 2.02. The predicted molar refractivity (Wildman–Crippen MR) is 49.4 cm³/mol. The van der Waals surface area contributed by atoms with E-state index in [2.05, 4.69) is 6.92 Å². The van der Waals surface area contributed by atoms with E-state index in [9.17, 15) is 0 Å². The highest BCUT2D eigenvalue weighted by molar-refractivity contribution is 4.69. The molecule has 2 N–H and O–H groups in total. The van der Waals surface area contributed by atoms with E-state index in [4.69, 9.17) is 5.73 Å². The van der Waals surface area contributed by atoms with E-state index in [0.29, 0.717) is 0 Å². The Bertz CT molecular complexity index is 90.3. The van der Waals surface area contributed by atoms with E-state index in [-0.39, 0.29) is 0 Å². The molecule has 1 rings (SSSR count). The minimum absolute atomic E-state index is 0.881. The zero-order valence-corrected chi connectivity index (χ0v) is 7.68. The molecule has 66 valence electrons. The summed E-state index contributed by atoms with van der Waals surface area (Å²) in [5, 5.41) is 0. The van der Waals surface area contributed by atoms with Crippen molar-refractivity contribution in [3.8, 4) is 0 Å². The largest absolute Gasteiger partial charge is 0.330 e. The molecule has 0 atom stereocenters. The topological polar surface area (TPSA) is 26.0 Å². The van der Waals surface area contributed by atoms with Crippen molar-refractivity contribution in [2.75, 3.05) is 6.54 Å². The van der Waals surface area contributed by atoms with Crippen LogP contribution in [0, 0.1) is 11.8 Å². The van der Waals surface area contributed by atoms with Crippen LogP contribution < -0.4 is 5.73 Å². The summed E-state index contributed by atoms with van der Waals surface area (Å²) in [6.45, 7) is 3.26. The second-order valence-electron chi connectivity index (χ2n) is 4.06. The van der Waals surface area contributed by atoms with Crippen molar-refractivity contribution in [2.24, 2.45) is 17.6 Å². The Labute approximate surface area is 70.4 Å². The molecule has 0 heterocycles. The fourth-order valence-corrected chi connectivity index (χ4v) is 2.02. The van der Waals surface area contributed by atoms with Gasteiger partial charge in [0.25, 0.3) is 0 Å². The lowest BCUT2D eigenvalue weighted by molar-refractivity contribution is 0.274. The second kappa shape index (κ2) is 4.76. The van der Waals surface area contributed by atoms with Crippen LogP contribution in [0.1, 0.15) is 45.4 Å². The van der Waals surface area contributed by atoms with Gasteiger partial charge in [-0.2, -0.15) is 0 Å². The molecule has 0 aromatic carbocycles. The van der Waals surface area contributed by atoms with Gasteiger partial charge in [-0.1, -0.05) is 32.6 Å². The zero-order chi connectivity index (χ0) is 8.10. The average Bonchev–Trinajstić information content (AvgIpc) is 2.04. The monoisotopic (exact) mass is 155 g/mol. The summed E-state index contributed by atoms with van der Waals surface area (Å²) in [5.74, 6) is 2.00. The van der Waals surface area contributed by atoms with Gasteiger partial charge in [0.1, 0.15) is 0 Å². The summed E-state index contributed by atoms with van der Waals surface area (Å²) in [6.07, 6.45) is 8.44. The minimum atomic E-state index is 0.881. The Balaban J connectivity index is 2.07. The third-order valence-electron chi connectivity index (χ3n) is 2.95. The summed E-state index contributed by atoms with van der Waals surface area (Å²) in [5.41, 5.74) is 5.47. The second-order valence-corrected chi connectivity index (χ2v) is 4.06. The van der Waals surface area contributed by atoms with Crippen molar-refractivity contribution in [1.82, 2.24) is 0 Å². The lowest BCUT2D eigenvalue weighted by Crippen LogP contribution is -2.13. The van der Waals surface area contributed by atoms with Crippen molar-refractivity contribution in [1.29, 1.82) is 0 Å². The van der Waals surface area contributed by atoms with Crippen LogP contribution in [0.5, 0.6) is 0 Å². The van der Waals surface area contributed by atoms with Crippen LogP contribution in [-0.2, 0) is 0 Å². The summed E-state index contributed by atoms with van der Waals surface area (Å²) in [6, 6.07) is 0. The maximum absolute atomic E-state index is 5.47. The smallest absolute Gasteiger partial charge is 0.00772 e. The number of hydrogen-bond donors (Lipinski definition) is 1. The van der Waals surface area contributed by atoms with Crippen molar-refractivity contribution in [2.45, 2.75) is 45.4 Å². The van der Waals surface area contributed by atoms with E-state index in [1.807, 2.05) is 0 Å². The molecule has 0 bridgehead atoms. The fraction of sp³-hybridized carbons (Fsp3) is 1.00. The Hall–Kier alpha value is -0.0400. The van der Waals surface area contributed by atoms with Crippen LogP contribution in [0.2, 0.25) is 0 Å². The number of nitrogens with two attached hydrogens (primary N) is 1. The van der Waals surface area contributed by atoms with E-state index in [0.717, 1.165) is 18.4 Å². The zero-order valence-electron chi connectivity index (χ0n) is 7.68. The first kappa shape index (κ1) is 9.05. The van der Waals surface area contributed by atoms with Gasteiger partial charge in [-0.05, 0) is 31.2 Å². The van der Waals surface area contributed by atoms with Crippen molar-refractivity contribution >= 4 is 0 Å². The SMILES string of the molecule is CC1CCC(CCCN)CC1. The molecule has 0 spiro atoms. The van der Waals surface area contributed by atoms with Gasteiger partial charge in [0.15, 0.2) is 0 Å². The van der Waals surface area contributed by atoms with Crippen LogP contribution in [0.4, 0.5) is 0 Å². The van der Waals surface area contributed by atoms with Gasteiger partial charge in [0.2, 0.25) is 0 Å². The lowest BCUT2D eigenvalue weighted by atomic mass is 9.81. The molecule has 1 nitrogen and oxygen atoms in total. The highest BCUT2D eigenvalue weighted by atomic mass is 14.5. The van der Waals surface area contributed by atoms with Crippen molar-refractivity contribution < 1.29 is 0 Å². The third kappa shape index (κ3) is 3.24. The molecule has 0 aromatic heterocycles. The van der Waals surface area contributed by atoms with Crippen molar-refractivity contribution in [3.63, 3.8) is 0 Å². The first-order valence-electron chi connectivity index (χ1n) is 5.03. The molecular formula is C10H21N. The van der Waals surface area contributed by atoms with Gasteiger partial charge >= 0.3 is 0 Å². The van der Waals surface area contributed by atoms with E-state index in [1.54, 1.807) is 0 Å². The Kier molecular flexibility index (Phi) is 3.92. The highest BCUT2D eigenvalue weighted by Crippen LogP contribution is 2.30. The lowest BCUT2D eigenvalue weighted by Gasteiger charge is -2.25. The van der Waals surface area contributed by atoms with E-state index in [1.165, 1.54) is 38.5 Å². The quantitative estimate of drug-likeness (QED) is 0.666. The molecule has 11 heavy (non-hydrogen) atoms.